The Balaban J connectivity index is 2.49. The molecule has 0 radical (unpaired) electrons. The number of hydrazine groups is 1. The maximum atomic E-state index is 12.8. The number of halogens is 4. The minimum atomic E-state index is -4.41. The second-order valence-electron chi connectivity index (χ2n) is 4.42. The molecule has 0 aliphatic heterocycles. The molecule has 1 aromatic heterocycles. The predicted molar refractivity (Wildman–Crippen MR) is 73.5 cm³/mol. The first-order chi connectivity index (χ1) is 9.88. The van der Waals surface area contributed by atoms with E-state index in [2.05, 4.69) is 10.5 Å². The molecule has 4 nitrogen and oxygen atoms in total. The quantitative estimate of drug-likeness (QED) is 0.672. The van der Waals surface area contributed by atoms with Crippen LogP contribution in [0.2, 0.25) is 5.02 Å². The van der Waals surface area contributed by atoms with Gasteiger partial charge in [0.15, 0.2) is 0 Å². The van der Waals surface area contributed by atoms with Crippen LogP contribution in [0.15, 0.2) is 30.5 Å². The van der Waals surface area contributed by atoms with Gasteiger partial charge in [0.05, 0.1) is 28.5 Å². The van der Waals surface area contributed by atoms with Crippen LogP contribution in [0.5, 0.6) is 0 Å². The lowest BCUT2D eigenvalue weighted by atomic mass is 10.0. The largest absolute Gasteiger partial charge is 0.416 e. The van der Waals surface area contributed by atoms with Crippen molar-refractivity contribution in [2.75, 3.05) is 0 Å². The van der Waals surface area contributed by atoms with Gasteiger partial charge in [-0.2, -0.15) is 18.3 Å². The molecular weight excluding hydrogens is 305 g/mol. The first-order valence-corrected chi connectivity index (χ1v) is 6.60. The summed E-state index contributed by atoms with van der Waals surface area (Å²) in [6.45, 7) is 2.38. The smallest absolute Gasteiger partial charge is 0.271 e. The van der Waals surface area contributed by atoms with Crippen LogP contribution in [0, 0.1) is 0 Å². The summed E-state index contributed by atoms with van der Waals surface area (Å²) in [5.74, 6) is 5.52. The van der Waals surface area contributed by atoms with E-state index in [-0.39, 0.29) is 0 Å². The molecule has 0 spiro atoms. The van der Waals surface area contributed by atoms with Crippen molar-refractivity contribution in [1.82, 2.24) is 15.2 Å². The summed E-state index contributed by atoms with van der Waals surface area (Å²) >= 11 is 6.08. The van der Waals surface area contributed by atoms with Gasteiger partial charge in [-0.25, -0.2) is 5.43 Å². The molecule has 2 aromatic rings. The molecule has 1 heterocycles. The molecule has 1 aromatic carbocycles. The van der Waals surface area contributed by atoms with Gasteiger partial charge in [0.25, 0.3) is 0 Å². The Morgan fingerprint density at radius 2 is 2.14 bits per heavy atom. The number of hydrogen-bond donors (Lipinski definition) is 2. The second kappa shape index (κ2) is 6.05. The summed E-state index contributed by atoms with van der Waals surface area (Å²) in [6, 6.07) is 4.28. The third-order valence-corrected chi connectivity index (χ3v) is 3.41. The SMILES string of the molecule is CCn1ncc(Cl)c1C(NN)c1cccc(C(F)(F)F)c1. The first-order valence-electron chi connectivity index (χ1n) is 6.23. The maximum Gasteiger partial charge on any atom is 0.416 e. The number of aryl methyl sites for hydroxylation is 1. The van der Waals surface area contributed by atoms with Gasteiger partial charge < -0.3 is 0 Å². The number of nitrogens with two attached hydrogens (primary N) is 1. The van der Waals surface area contributed by atoms with E-state index in [1.54, 1.807) is 10.7 Å². The Hall–Kier alpha value is -1.57. The van der Waals surface area contributed by atoms with Gasteiger partial charge in [-0.3, -0.25) is 10.5 Å². The van der Waals surface area contributed by atoms with Crippen molar-refractivity contribution in [2.24, 2.45) is 5.84 Å². The number of aromatic nitrogens is 2. The van der Waals surface area contributed by atoms with Gasteiger partial charge in [-0.05, 0) is 24.6 Å². The number of rotatable bonds is 4. The van der Waals surface area contributed by atoms with Crippen LogP contribution in [0.3, 0.4) is 0 Å². The van der Waals surface area contributed by atoms with E-state index in [9.17, 15) is 13.2 Å². The Morgan fingerprint density at radius 3 is 2.71 bits per heavy atom. The van der Waals surface area contributed by atoms with Crippen LogP contribution in [-0.4, -0.2) is 9.78 Å². The van der Waals surface area contributed by atoms with Gasteiger partial charge in [0, 0.05) is 6.54 Å². The van der Waals surface area contributed by atoms with E-state index in [1.165, 1.54) is 12.3 Å². The van der Waals surface area contributed by atoms with Crippen LogP contribution in [0.4, 0.5) is 13.2 Å². The van der Waals surface area contributed by atoms with E-state index in [1.807, 2.05) is 6.92 Å². The van der Waals surface area contributed by atoms with Crippen molar-refractivity contribution in [3.05, 3.63) is 52.3 Å². The highest BCUT2D eigenvalue weighted by molar-refractivity contribution is 6.31. The lowest BCUT2D eigenvalue weighted by Crippen LogP contribution is -2.31. The predicted octanol–water partition coefficient (Wildman–Crippen LogP) is 3.13. The van der Waals surface area contributed by atoms with Crippen molar-refractivity contribution in [3.63, 3.8) is 0 Å². The molecule has 2 rings (SSSR count). The summed E-state index contributed by atoms with van der Waals surface area (Å²) in [5.41, 5.74) is 2.66. The highest BCUT2D eigenvalue weighted by Gasteiger charge is 2.31. The van der Waals surface area contributed by atoms with E-state index in [0.29, 0.717) is 22.8 Å². The minimum absolute atomic E-state index is 0.345. The zero-order valence-corrected chi connectivity index (χ0v) is 11.9. The second-order valence-corrected chi connectivity index (χ2v) is 4.82. The Kier molecular flexibility index (Phi) is 4.55. The fourth-order valence-corrected chi connectivity index (χ4v) is 2.39. The van der Waals surface area contributed by atoms with E-state index in [0.717, 1.165) is 12.1 Å². The van der Waals surface area contributed by atoms with E-state index < -0.39 is 17.8 Å². The van der Waals surface area contributed by atoms with Crippen molar-refractivity contribution in [1.29, 1.82) is 0 Å². The summed E-state index contributed by atoms with van der Waals surface area (Å²) in [7, 11) is 0. The Morgan fingerprint density at radius 1 is 1.43 bits per heavy atom. The van der Waals surface area contributed by atoms with Crippen LogP contribution in [0.25, 0.3) is 0 Å². The Labute approximate surface area is 124 Å². The minimum Gasteiger partial charge on any atom is -0.271 e. The molecule has 114 valence electrons. The van der Waals surface area contributed by atoms with Crippen LogP contribution in [0.1, 0.15) is 29.8 Å². The van der Waals surface area contributed by atoms with Crippen molar-refractivity contribution >= 4 is 11.6 Å². The average Bonchev–Trinajstić information content (AvgIpc) is 2.81. The topological polar surface area (TPSA) is 55.9 Å². The van der Waals surface area contributed by atoms with Gasteiger partial charge in [0.1, 0.15) is 0 Å². The monoisotopic (exact) mass is 318 g/mol. The van der Waals surface area contributed by atoms with Crippen molar-refractivity contribution in [3.8, 4) is 0 Å². The van der Waals surface area contributed by atoms with Gasteiger partial charge >= 0.3 is 6.18 Å². The number of alkyl halides is 3. The normalized spacial score (nSPS) is 13.4. The summed E-state index contributed by atoms with van der Waals surface area (Å²) in [4.78, 5) is 0. The summed E-state index contributed by atoms with van der Waals surface area (Å²) < 4.78 is 40.0. The molecule has 0 bridgehead atoms. The highest BCUT2D eigenvalue weighted by atomic mass is 35.5. The molecule has 3 N–H and O–H groups in total. The van der Waals surface area contributed by atoms with Gasteiger partial charge in [-0.1, -0.05) is 23.7 Å². The number of nitrogens with one attached hydrogen (secondary N) is 1. The molecule has 0 saturated carbocycles. The third kappa shape index (κ3) is 3.20. The van der Waals surface area contributed by atoms with Crippen LogP contribution < -0.4 is 11.3 Å². The number of nitrogens with zero attached hydrogens (tertiary/aromatic N) is 2. The molecular formula is C13H14ClF3N4. The van der Waals surface area contributed by atoms with Crippen molar-refractivity contribution in [2.45, 2.75) is 25.7 Å². The molecule has 0 aliphatic carbocycles. The highest BCUT2D eigenvalue weighted by Crippen LogP contribution is 2.33. The molecule has 0 amide bonds. The average molecular weight is 319 g/mol. The first kappa shape index (κ1) is 15.8. The lowest BCUT2D eigenvalue weighted by Gasteiger charge is -2.19. The Bertz CT molecular complexity index is 624. The fourth-order valence-electron chi connectivity index (χ4n) is 2.14. The van der Waals surface area contributed by atoms with Crippen LogP contribution >= 0.6 is 11.6 Å². The lowest BCUT2D eigenvalue weighted by molar-refractivity contribution is -0.137. The van der Waals surface area contributed by atoms with Crippen molar-refractivity contribution < 1.29 is 13.2 Å². The summed E-state index contributed by atoms with van der Waals surface area (Å²) in [6.07, 6.45) is -2.97. The number of benzene rings is 1. The van der Waals surface area contributed by atoms with E-state index in [4.69, 9.17) is 17.4 Å². The standard InChI is InChI=1S/C13H14ClF3N4/c1-2-21-12(10(14)7-19-21)11(20-18)8-4-3-5-9(6-8)13(15,16)17/h3-7,11,20H,2,18H2,1H3. The molecule has 0 saturated heterocycles. The van der Waals surface area contributed by atoms with Gasteiger partial charge in [-0.15, -0.1) is 0 Å². The molecule has 1 unspecified atom stereocenters. The molecule has 0 fully saturated rings. The zero-order valence-electron chi connectivity index (χ0n) is 11.2. The van der Waals surface area contributed by atoms with Crippen LogP contribution in [-0.2, 0) is 12.7 Å². The molecule has 1 atom stereocenters. The summed E-state index contributed by atoms with van der Waals surface area (Å²) in [5, 5.41) is 4.41. The van der Waals surface area contributed by atoms with E-state index >= 15 is 0 Å². The van der Waals surface area contributed by atoms with Gasteiger partial charge in [0.2, 0.25) is 0 Å². The maximum absolute atomic E-state index is 12.8. The number of hydrogen-bond acceptors (Lipinski definition) is 3. The molecule has 8 heteroatoms. The zero-order chi connectivity index (χ0) is 15.6. The third-order valence-electron chi connectivity index (χ3n) is 3.12. The fraction of sp³-hybridized carbons (Fsp3) is 0.308. The molecule has 21 heavy (non-hydrogen) atoms. The molecule has 0 aliphatic rings.